The van der Waals surface area contributed by atoms with Crippen molar-refractivity contribution in [2.45, 2.75) is 13.3 Å². The molecule has 0 aliphatic carbocycles. The third-order valence-corrected chi connectivity index (χ3v) is 3.83. The minimum absolute atomic E-state index is 0.140. The molecule has 1 unspecified atom stereocenters. The number of halogens is 1. The van der Waals surface area contributed by atoms with Gasteiger partial charge in [-0.3, -0.25) is 4.79 Å². The number of amides is 1. The van der Waals surface area contributed by atoms with Crippen LogP contribution in [0.5, 0.6) is 0 Å². The van der Waals surface area contributed by atoms with E-state index in [0.717, 1.165) is 0 Å². The summed E-state index contributed by atoms with van der Waals surface area (Å²) in [5.74, 6) is -1.40. The lowest BCUT2D eigenvalue weighted by Gasteiger charge is -2.23. The average Bonchev–Trinajstić information content (AvgIpc) is 2.73. The van der Waals surface area contributed by atoms with Gasteiger partial charge in [-0.05, 0) is 31.5 Å². The average molecular weight is 283 g/mol. The van der Waals surface area contributed by atoms with Crippen LogP contribution in [0, 0.1) is 5.41 Å². The van der Waals surface area contributed by atoms with Gasteiger partial charge in [0.25, 0.3) is 0 Å². The maximum absolute atomic E-state index is 11.4. The van der Waals surface area contributed by atoms with E-state index in [2.05, 4.69) is 0 Å². The summed E-state index contributed by atoms with van der Waals surface area (Å²) in [5.41, 5.74) is 5.49. The van der Waals surface area contributed by atoms with Gasteiger partial charge in [-0.25, -0.2) is 4.79 Å². The fourth-order valence-electron chi connectivity index (χ4n) is 2.32. The highest BCUT2D eigenvalue weighted by Gasteiger charge is 2.39. The molecule has 1 amide bonds. The molecule has 3 N–H and O–H groups in total. The largest absolute Gasteiger partial charge is 0.478 e. The van der Waals surface area contributed by atoms with E-state index in [1.807, 2.05) is 4.90 Å². The van der Waals surface area contributed by atoms with Crippen LogP contribution in [0.4, 0.5) is 5.69 Å². The Balaban J connectivity index is 2.34. The molecule has 102 valence electrons. The summed E-state index contributed by atoms with van der Waals surface area (Å²) in [5, 5.41) is 9.59. The lowest BCUT2D eigenvalue weighted by molar-refractivity contribution is -0.125. The van der Waals surface area contributed by atoms with Crippen molar-refractivity contribution in [3.05, 3.63) is 28.8 Å². The number of aromatic carboxylic acids is 1. The maximum atomic E-state index is 11.4. The van der Waals surface area contributed by atoms with Crippen molar-refractivity contribution in [1.82, 2.24) is 0 Å². The molecular weight excluding hydrogens is 268 g/mol. The van der Waals surface area contributed by atoms with Gasteiger partial charge in [0.15, 0.2) is 0 Å². The lowest BCUT2D eigenvalue weighted by Crippen LogP contribution is -2.37. The molecule has 1 aromatic carbocycles. The predicted octanol–water partition coefficient (Wildman–Crippen LogP) is 1.74. The second-order valence-corrected chi connectivity index (χ2v) is 5.50. The Bertz CT molecular complexity index is 547. The predicted molar refractivity (Wildman–Crippen MR) is 72.5 cm³/mol. The quantitative estimate of drug-likeness (QED) is 0.884. The molecule has 1 aliphatic heterocycles. The van der Waals surface area contributed by atoms with Crippen LogP contribution in [0.3, 0.4) is 0 Å². The molecule has 0 spiro atoms. The van der Waals surface area contributed by atoms with Gasteiger partial charge in [0, 0.05) is 18.1 Å². The minimum Gasteiger partial charge on any atom is -0.478 e. The Kier molecular flexibility index (Phi) is 3.41. The molecule has 19 heavy (non-hydrogen) atoms. The zero-order valence-corrected chi connectivity index (χ0v) is 11.3. The second kappa shape index (κ2) is 4.74. The van der Waals surface area contributed by atoms with Gasteiger partial charge in [0.05, 0.1) is 16.7 Å². The number of rotatable bonds is 3. The molecule has 1 aromatic rings. The Morgan fingerprint density at radius 1 is 1.47 bits per heavy atom. The van der Waals surface area contributed by atoms with Crippen LogP contribution in [-0.2, 0) is 4.79 Å². The van der Waals surface area contributed by atoms with Gasteiger partial charge < -0.3 is 15.7 Å². The first kappa shape index (κ1) is 13.7. The maximum Gasteiger partial charge on any atom is 0.337 e. The monoisotopic (exact) mass is 282 g/mol. The van der Waals surface area contributed by atoms with Crippen molar-refractivity contribution in [3.8, 4) is 0 Å². The highest BCUT2D eigenvalue weighted by Crippen LogP contribution is 2.35. The molecule has 2 rings (SSSR count). The summed E-state index contributed by atoms with van der Waals surface area (Å²) in [4.78, 5) is 24.5. The van der Waals surface area contributed by atoms with Crippen LogP contribution in [0.2, 0.25) is 5.02 Å². The number of carbonyl (C=O) groups excluding carboxylic acids is 1. The van der Waals surface area contributed by atoms with E-state index in [-0.39, 0.29) is 11.5 Å². The molecule has 0 bridgehead atoms. The van der Waals surface area contributed by atoms with Crippen LogP contribution in [0.15, 0.2) is 18.2 Å². The normalized spacial score (nSPS) is 22.5. The number of benzene rings is 1. The number of hydrogen-bond acceptors (Lipinski definition) is 3. The van der Waals surface area contributed by atoms with Crippen molar-refractivity contribution >= 4 is 29.2 Å². The third kappa shape index (κ3) is 2.51. The summed E-state index contributed by atoms with van der Waals surface area (Å²) in [6, 6.07) is 4.72. The number of anilines is 1. The Labute approximate surface area is 116 Å². The molecule has 5 nitrogen and oxygen atoms in total. The molecule has 1 fully saturated rings. The molecule has 1 atom stereocenters. The van der Waals surface area contributed by atoms with E-state index in [1.54, 1.807) is 19.1 Å². The smallest absolute Gasteiger partial charge is 0.337 e. The zero-order valence-electron chi connectivity index (χ0n) is 10.5. The van der Waals surface area contributed by atoms with Gasteiger partial charge in [-0.1, -0.05) is 11.6 Å². The standard InChI is InChI=1S/C13H15ClN2O3/c1-13(12(15)19)4-5-16(7-13)10-3-2-8(14)6-9(10)11(17)18/h2-3,6H,4-5,7H2,1H3,(H2,15,19)(H,17,18). The van der Waals surface area contributed by atoms with Crippen LogP contribution in [-0.4, -0.2) is 30.1 Å². The van der Waals surface area contributed by atoms with Crippen molar-refractivity contribution in [3.63, 3.8) is 0 Å². The second-order valence-electron chi connectivity index (χ2n) is 5.06. The summed E-state index contributed by atoms with van der Waals surface area (Å²) in [6.07, 6.45) is 0.615. The molecule has 6 heteroatoms. The van der Waals surface area contributed by atoms with E-state index < -0.39 is 11.4 Å². The first-order chi connectivity index (χ1) is 8.83. The molecule has 1 heterocycles. The third-order valence-electron chi connectivity index (χ3n) is 3.60. The van der Waals surface area contributed by atoms with E-state index in [1.165, 1.54) is 6.07 Å². The number of carboxylic acids is 1. The summed E-state index contributed by atoms with van der Waals surface area (Å²) in [7, 11) is 0. The van der Waals surface area contributed by atoms with Gasteiger partial charge in [0.2, 0.25) is 5.91 Å². The lowest BCUT2D eigenvalue weighted by atomic mass is 9.89. The summed E-state index contributed by atoms with van der Waals surface area (Å²) in [6.45, 7) is 2.82. The molecule has 0 radical (unpaired) electrons. The number of primary amides is 1. The summed E-state index contributed by atoms with van der Waals surface area (Å²) < 4.78 is 0. The number of hydrogen-bond donors (Lipinski definition) is 2. The van der Waals surface area contributed by atoms with E-state index in [9.17, 15) is 14.7 Å². The van der Waals surface area contributed by atoms with Gasteiger partial charge in [0.1, 0.15) is 0 Å². The van der Waals surface area contributed by atoms with Crippen LogP contribution in [0.25, 0.3) is 0 Å². The highest BCUT2D eigenvalue weighted by atomic mass is 35.5. The first-order valence-electron chi connectivity index (χ1n) is 5.91. The molecule has 0 saturated carbocycles. The number of nitrogens with zero attached hydrogens (tertiary/aromatic N) is 1. The summed E-state index contributed by atoms with van der Waals surface area (Å²) >= 11 is 5.82. The van der Waals surface area contributed by atoms with Gasteiger partial charge in [-0.15, -0.1) is 0 Å². The molecule has 1 aliphatic rings. The Morgan fingerprint density at radius 3 is 2.68 bits per heavy atom. The fraction of sp³-hybridized carbons (Fsp3) is 0.385. The van der Waals surface area contributed by atoms with Crippen molar-refractivity contribution in [2.24, 2.45) is 11.1 Å². The van der Waals surface area contributed by atoms with Crippen molar-refractivity contribution in [1.29, 1.82) is 0 Å². The number of carboxylic acid groups (broad SMARTS) is 1. The van der Waals surface area contributed by atoms with Gasteiger partial charge in [-0.2, -0.15) is 0 Å². The fourth-order valence-corrected chi connectivity index (χ4v) is 2.50. The number of nitrogens with two attached hydrogens (primary N) is 1. The highest BCUT2D eigenvalue weighted by molar-refractivity contribution is 6.31. The van der Waals surface area contributed by atoms with Gasteiger partial charge >= 0.3 is 5.97 Å². The van der Waals surface area contributed by atoms with E-state index in [4.69, 9.17) is 17.3 Å². The SMILES string of the molecule is CC1(C(N)=O)CCN(c2ccc(Cl)cc2C(=O)O)C1. The Morgan fingerprint density at radius 2 is 2.16 bits per heavy atom. The van der Waals surface area contributed by atoms with Crippen molar-refractivity contribution in [2.75, 3.05) is 18.0 Å². The van der Waals surface area contributed by atoms with E-state index >= 15 is 0 Å². The van der Waals surface area contributed by atoms with Crippen molar-refractivity contribution < 1.29 is 14.7 Å². The Hall–Kier alpha value is -1.75. The first-order valence-corrected chi connectivity index (χ1v) is 6.29. The van der Waals surface area contributed by atoms with Crippen LogP contribution >= 0.6 is 11.6 Å². The molecular formula is C13H15ClN2O3. The molecule has 0 aromatic heterocycles. The van der Waals surface area contributed by atoms with Crippen LogP contribution in [0.1, 0.15) is 23.7 Å². The number of carbonyl (C=O) groups is 2. The topological polar surface area (TPSA) is 83.6 Å². The minimum atomic E-state index is -1.04. The zero-order chi connectivity index (χ0) is 14.2. The van der Waals surface area contributed by atoms with Crippen LogP contribution < -0.4 is 10.6 Å². The molecule has 1 saturated heterocycles. The van der Waals surface area contributed by atoms with E-state index in [0.29, 0.717) is 30.2 Å².